The van der Waals surface area contributed by atoms with Crippen LogP contribution in [0.3, 0.4) is 0 Å². The lowest BCUT2D eigenvalue weighted by molar-refractivity contribution is 0.0851. The summed E-state index contributed by atoms with van der Waals surface area (Å²) in [7, 11) is 0. The summed E-state index contributed by atoms with van der Waals surface area (Å²) < 4.78 is 0. The lowest BCUT2D eigenvalue weighted by Gasteiger charge is -2.43. The van der Waals surface area contributed by atoms with Gasteiger partial charge < -0.3 is 5.32 Å². The van der Waals surface area contributed by atoms with Crippen molar-refractivity contribution in [2.45, 2.75) is 45.8 Å². The second kappa shape index (κ2) is 5.46. The van der Waals surface area contributed by atoms with Crippen LogP contribution in [-0.4, -0.2) is 35.1 Å². The molecule has 0 saturated carbocycles. The first-order valence-corrected chi connectivity index (χ1v) is 7.36. The van der Waals surface area contributed by atoms with Crippen LogP contribution in [0.4, 0.5) is 0 Å². The SMILES string of the molecule is CC(C)C1CN(C(C)c2nccs2)C(C)CN1. The summed E-state index contributed by atoms with van der Waals surface area (Å²) in [5.41, 5.74) is 0. The molecule has 3 nitrogen and oxygen atoms in total. The first kappa shape index (κ1) is 13.0. The van der Waals surface area contributed by atoms with E-state index in [0.717, 1.165) is 13.1 Å². The molecule has 1 fully saturated rings. The predicted octanol–water partition coefficient (Wildman–Crippen LogP) is 2.52. The maximum absolute atomic E-state index is 4.45. The van der Waals surface area contributed by atoms with Gasteiger partial charge in [0, 0.05) is 36.8 Å². The Morgan fingerprint density at radius 2 is 2.24 bits per heavy atom. The van der Waals surface area contributed by atoms with Gasteiger partial charge in [0.05, 0.1) is 6.04 Å². The maximum atomic E-state index is 4.45. The van der Waals surface area contributed by atoms with E-state index < -0.39 is 0 Å². The molecule has 1 N–H and O–H groups in total. The number of nitrogens with one attached hydrogen (secondary N) is 1. The van der Waals surface area contributed by atoms with E-state index in [-0.39, 0.29) is 0 Å². The largest absolute Gasteiger partial charge is 0.311 e. The zero-order valence-electron chi connectivity index (χ0n) is 11.2. The minimum Gasteiger partial charge on any atom is -0.311 e. The predicted molar refractivity (Wildman–Crippen MR) is 73.3 cm³/mol. The lowest BCUT2D eigenvalue weighted by atomic mass is 9.98. The van der Waals surface area contributed by atoms with E-state index in [4.69, 9.17) is 0 Å². The van der Waals surface area contributed by atoms with E-state index in [1.807, 2.05) is 6.20 Å². The van der Waals surface area contributed by atoms with Gasteiger partial charge in [0.15, 0.2) is 0 Å². The van der Waals surface area contributed by atoms with Crippen molar-refractivity contribution in [3.63, 3.8) is 0 Å². The Labute approximate surface area is 108 Å². The Balaban J connectivity index is 2.07. The Morgan fingerprint density at radius 1 is 1.47 bits per heavy atom. The fraction of sp³-hybridized carbons (Fsp3) is 0.769. The lowest BCUT2D eigenvalue weighted by Crippen LogP contribution is -2.57. The molecule has 2 rings (SSSR count). The van der Waals surface area contributed by atoms with Crippen LogP contribution in [0.5, 0.6) is 0 Å². The molecule has 2 heterocycles. The second-order valence-electron chi connectivity index (χ2n) is 5.35. The Bertz CT molecular complexity index is 336. The van der Waals surface area contributed by atoms with Crippen molar-refractivity contribution in [2.75, 3.05) is 13.1 Å². The van der Waals surface area contributed by atoms with Gasteiger partial charge in [-0.25, -0.2) is 4.98 Å². The molecule has 3 atom stereocenters. The first-order valence-electron chi connectivity index (χ1n) is 6.48. The molecule has 1 aliphatic heterocycles. The van der Waals surface area contributed by atoms with E-state index >= 15 is 0 Å². The number of piperazine rings is 1. The highest BCUT2D eigenvalue weighted by Crippen LogP contribution is 2.26. The third kappa shape index (κ3) is 2.87. The van der Waals surface area contributed by atoms with Crippen molar-refractivity contribution in [1.82, 2.24) is 15.2 Å². The summed E-state index contributed by atoms with van der Waals surface area (Å²) in [5, 5.41) is 6.95. The van der Waals surface area contributed by atoms with Crippen LogP contribution in [-0.2, 0) is 0 Å². The molecule has 17 heavy (non-hydrogen) atoms. The smallest absolute Gasteiger partial charge is 0.109 e. The van der Waals surface area contributed by atoms with Crippen molar-refractivity contribution in [1.29, 1.82) is 0 Å². The van der Waals surface area contributed by atoms with Gasteiger partial charge in [-0.15, -0.1) is 11.3 Å². The molecule has 0 radical (unpaired) electrons. The van der Waals surface area contributed by atoms with E-state index in [1.54, 1.807) is 11.3 Å². The minimum atomic E-state index is 0.438. The van der Waals surface area contributed by atoms with Crippen LogP contribution >= 0.6 is 11.3 Å². The number of rotatable bonds is 3. The zero-order valence-corrected chi connectivity index (χ0v) is 12.0. The zero-order chi connectivity index (χ0) is 12.4. The highest BCUT2D eigenvalue weighted by Gasteiger charge is 2.31. The fourth-order valence-electron chi connectivity index (χ4n) is 2.48. The summed E-state index contributed by atoms with van der Waals surface area (Å²) >= 11 is 1.76. The average Bonchev–Trinajstić information content (AvgIpc) is 2.81. The molecular weight excluding hydrogens is 230 g/mol. The number of nitrogens with zero attached hydrogens (tertiary/aromatic N) is 2. The topological polar surface area (TPSA) is 28.2 Å². The van der Waals surface area contributed by atoms with Crippen LogP contribution in [0.15, 0.2) is 11.6 Å². The molecule has 96 valence electrons. The summed E-state index contributed by atoms with van der Waals surface area (Å²) in [6, 6.07) is 1.63. The highest BCUT2D eigenvalue weighted by atomic mass is 32.1. The van der Waals surface area contributed by atoms with Crippen molar-refractivity contribution >= 4 is 11.3 Å². The summed E-state index contributed by atoms with van der Waals surface area (Å²) in [6.07, 6.45) is 1.91. The molecule has 1 saturated heterocycles. The standard InChI is InChI=1S/C13H23N3S/c1-9(2)12-8-16(10(3)7-15-12)11(4)13-14-5-6-17-13/h5-6,9-12,15H,7-8H2,1-4H3. The molecular formula is C13H23N3S. The van der Waals surface area contributed by atoms with Crippen molar-refractivity contribution in [2.24, 2.45) is 5.92 Å². The molecule has 1 aromatic heterocycles. The van der Waals surface area contributed by atoms with Gasteiger partial charge in [-0.2, -0.15) is 0 Å². The van der Waals surface area contributed by atoms with Crippen LogP contribution in [0.1, 0.15) is 38.7 Å². The summed E-state index contributed by atoms with van der Waals surface area (Å²) in [4.78, 5) is 7.04. The molecule has 3 unspecified atom stereocenters. The number of hydrogen-bond acceptors (Lipinski definition) is 4. The van der Waals surface area contributed by atoms with Crippen molar-refractivity contribution in [3.8, 4) is 0 Å². The third-order valence-electron chi connectivity index (χ3n) is 3.76. The highest BCUT2D eigenvalue weighted by molar-refractivity contribution is 7.09. The van der Waals surface area contributed by atoms with Crippen LogP contribution in [0, 0.1) is 5.92 Å². The fourth-order valence-corrected chi connectivity index (χ4v) is 3.20. The second-order valence-corrected chi connectivity index (χ2v) is 6.28. The van der Waals surface area contributed by atoms with Gasteiger partial charge in [-0.05, 0) is 19.8 Å². The van der Waals surface area contributed by atoms with Gasteiger partial charge in [0.1, 0.15) is 5.01 Å². The molecule has 0 spiro atoms. The van der Waals surface area contributed by atoms with E-state index in [1.165, 1.54) is 5.01 Å². The average molecular weight is 253 g/mol. The van der Waals surface area contributed by atoms with Gasteiger partial charge >= 0.3 is 0 Å². The number of hydrogen-bond donors (Lipinski definition) is 1. The Hall–Kier alpha value is -0.450. The number of thiazole rings is 1. The normalized spacial score (nSPS) is 28.5. The molecule has 0 amide bonds. The van der Waals surface area contributed by atoms with Crippen molar-refractivity contribution < 1.29 is 0 Å². The summed E-state index contributed by atoms with van der Waals surface area (Å²) in [6.45, 7) is 11.4. The van der Waals surface area contributed by atoms with E-state index in [2.05, 4.69) is 48.3 Å². The van der Waals surface area contributed by atoms with Gasteiger partial charge in [0.25, 0.3) is 0 Å². The van der Waals surface area contributed by atoms with Crippen LogP contribution in [0.2, 0.25) is 0 Å². The molecule has 0 bridgehead atoms. The minimum absolute atomic E-state index is 0.438. The first-order chi connectivity index (χ1) is 8.09. The molecule has 4 heteroatoms. The summed E-state index contributed by atoms with van der Waals surface area (Å²) in [5.74, 6) is 0.688. The van der Waals surface area contributed by atoms with Gasteiger partial charge in [0.2, 0.25) is 0 Å². The Morgan fingerprint density at radius 3 is 2.82 bits per heavy atom. The maximum Gasteiger partial charge on any atom is 0.109 e. The van der Waals surface area contributed by atoms with Crippen molar-refractivity contribution in [3.05, 3.63) is 16.6 Å². The van der Waals surface area contributed by atoms with E-state index in [9.17, 15) is 0 Å². The molecule has 1 aliphatic rings. The van der Waals surface area contributed by atoms with Crippen LogP contribution < -0.4 is 5.32 Å². The molecule has 0 aliphatic carbocycles. The monoisotopic (exact) mass is 253 g/mol. The quantitative estimate of drug-likeness (QED) is 0.897. The van der Waals surface area contributed by atoms with E-state index in [0.29, 0.717) is 24.0 Å². The molecule has 0 aromatic carbocycles. The number of aromatic nitrogens is 1. The van der Waals surface area contributed by atoms with Gasteiger partial charge in [-0.3, -0.25) is 4.90 Å². The molecule has 1 aromatic rings. The van der Waals surface area contributed by atoms with Crippen LogP contribution in [0.25, 0.3) is 0 Å². The Kier molecular flexibility index (Phi) is 4.17. The van der Waals surface area contributed by atoms with Gasteiger partial charge in [-0.1, -0.05) is 13.8 Å². The third-order valence-corrected chi connectivity index (χ3v) is 4.71.